The highest BCUT2D eigenvalue weighted by atomic mass is 16.6. The van der Waals surface area contributed by atoms with Crippen molar-refractivity contribution in [3.05, 3.63) is 35.4 Å². The van der Waals surface area contributed by atoms with Crippen LogP contribution in [-0.2, 0) is 43.0 Å². The number of methoxy groups -OCH3 is 1. The van der Waals surface area contributed by atoms with Crippen LogP contribution in [0.5, 0.6) is 5.75 Å². The summed E-state index contributed by atoms with van der Waals surface area (Å²) in [7, 11) is 1.56. The molecule has 1 atom stereocenters. The summed E-state index contributed by atoms with van der Waals surface area (Å²) in [5.74, 6) is -1.21. The maximum atomic E-state index is 13.5. The van der Waals surface area contributed by atoms with Crippen LogP contribution in [0.1, 0.15) is 403 Å². The van der Waals surface area contributed by atoms with Gasteiger partial charge in [0.15, 0.2) is 0 Å². The predicted octanol–water partition coefficient (Wildman–Crippen LogP) is 15.6. The molecule has 0 aromatic heterocycles. The second-order valence-electron chi connectivity index (χ2n) is 55.2. The number of hydrogen-bond acceptors (Lipinski definition) is 32. The largest absolute Gasteiger partial charge is 0.497 e. The van der Waals surface area contributed by atoms with E-state index in [1.165, 1.54) is 73.6 Å². The van der Waals surface area contributed by atoms with E-state index >= 15 is 0 Å². The van der Waals surface area contributed by atoms with Crippen molar-refractivity contribution in [3.63, 3.8) is 0 Å². The first-order chi connectivity index (χ1) is 67.2. The van der Waals surface area contributed by atoms with Crippen molar-refractivity contribution < 1.29 is 105 Å². The molecule has 0 spiro atoms. The van der Waals surface area contributed by atoms with Gasteiger partial charge in [-0.2, -0.15) is 45.6 Å². The Morgan fingerprint density at radius 1 is 0.378 bits per heavy atom. The smallest absolute Gasteiger partial charge is 0.345 e. The van der Waals surface area contributed by atoms with Crippen molar-refractivity contribution in [2.75, 3.05) is 72.6 Å². The van der Waals surface area contributed by atoms with Crippen LogP contribution in [0.4, 0.5) is 0 Å². The van der Waals surface area contributed by atoms with E-state index in [9.17, 15) is 90.6 Å². The Hall–Kier alpha value is -5.83. The maximum Gasteiger partial charge on any atom is 0.345 e. The predicted molar refractivity (Wildman–Crippen MR) is 572 cm³/mol. The lowest BCUT2D eigenvalue weighted by Crippen LogP contribution is -2.72. The highest BCUT2D eigenvalue weighted by molar-refractivity contribution is 6.17. The molecule has 1 aliphatic carbocycles. The number of amides is 5. The number of ether oxygens (including phenoxy) is 3. The number of piperazine rings is 3. The molecule has 37 nitrogen and oxygen atoms in total. The van der Waals surface area contributed by atoms with Gasteiger partial charge >= 0.3 is 11.9 Å². The molecule has 1 unspecified atom stereocenters. The van der Waals surface area contributed by atoms with Crippen molar-refractivity contribution >= 4 is 48.6 Å². The Labute approximate surface area is 889 Å². The molecule has 10 aliphatic rings. The summed E-state index contributed by atoms with van der Waals surface area (Å²) in [6.07, 6.45) is 20.7. The Balaban J connectivity index is 0.000000280. The van der Waals surface area contributed by atoms with Crippen LogP contribution in [0.15, 0.2) is 29.8 Å². The first-order valence-corrected chi connectivity index (χ1v) is 54.5. The van der Waals surface area contributed by atoms with Gasteiger partial charge in [-0.3, -0.25) is 24.0 Å². The molecule has 10 fully saturated rings. The lowest BCUT2D eigenvalue weighted by Gasteiger charge is -2.53. The number of carbonyl (C=O) groups is 7. The van der Waals surface area contributed by atoms with Crippen LogP contribution in [0.25, 0.3) is 6.08 Å². The van der Waals surface area contributed by atoms with E-state index in [-0.39, 0.29) is 91.9 Å². The van der Waals surface area contributed by atoms with E-state index < -0.39 is 79.5 Å². The van der Waals surface area contributed by atoms with E-state index in [1.807, 2.05) is 202 Å². The fourth-order valence-corrected chi connectivity index (χ4v) is 25.6. The van der Waals surface area contributed by atoms with Gasteiger partial charge in [-0.25, -0.2) is 9.59 Å². The molecule has 37 heteroatoms. The molecule has 5 amide bonds. The highest BCUT2D eigenvalue weighted by Gasteiger charge is 2.58. The Morgan fingerprint density at radius 3 is 0.953 bits per heavy atom. The molecule has 0 bridgehead atoms. The first-order valence-electron chi connectivity index (χ1n) is 54.5. The second kappa shape index (κ2) is 49.7. The Kier molecular flexibility index (Phi) is 44.0. The Bertz CT molecular complexity index is 4230. The third kappa shape index (κ3) is 33.2. The minimum atomic E-state index is -1.02. The quantitative estimate of drug-likeness (QED) is 0.00925. The minimum absolute atomic E-state index is 0.00905. The molecule has 13 N–H and O–H groups in total. The van der Waals surface area contributed by atoms with Crippen LogP contribution < -0.4 is 15.4 Å². The van der Waals surface area contributed by atoms with Crippen molar-refractivity contribution in [1.82, 2.24) is 80.7 Å². The molecule has 9 saturated heterocycles. The molecule has 1 aromatic rings. The SMILES string of the molecule is CC1(C)CC(N(C=O)CCCCCCN(C=O)C2CC(C)(C)N(O)C(C)(C)C2)CC(C)(C)N1O.CC1(C)CC(O)CC(C)(C)N1O.CC1(C)CN(CCN2CC(C)(C)N(O)C(C)(C)C2=O)C(=O)C(C)(C)N1O.CC1(C)CN(CCNC2CCCCC2)C(=O)C(C)(C)N1O.CCC(O)CNC1CC(C)(C)N(O)C(C)(C)C1.COc1ccc(C=C(C(=O)OC2CC(C)(C)N(O)C(C)(C)C2)C(=O)OC2CC(C)(C)N(O)C(C)(C)C2)cc1. The molecule has 9 aliphatic heterocycles. The van der Waals surface area contributed by atoms with E-state index in [2.05, 4.69) is 38.3 Å². The van der Waals surface area contributed by atoms with Crippen LogP contribution in [0.2, 0.25) is 0 Å². The van der Waals surface area contributed by atoms with Crippen molar-refractivity contribution in [2.45, 2.75) is 546 Å². The minimum Gasteiger partial charge on any atom is -0.497 e. The normalized spacial score (nSPS) is 26.2. The van der Waals surface area contributed by atoms with Crippen molar-refractivity contribution in [2.24, 2.45) is 0 Å². The molecule has 9 heterocycles. The zero-order valence-electron chi connectivity index (χ0n) is 98.6. The van der Waals surface area contributed by atoms with Gasteiger partial charge in [-0.05, 0) is 356 Å². The molecule has 0 radical (unpaired) electrons. The summed E-state index contributed by atoms with van der Waals surface area (Å²) >= 11 is 0. The summed E-state index contributed by atoms with van der Waals surface area (Å²) in [5, 5.41) is 131. The Morgan fingerprint density at radius 2 is 0.662 bits per heavy atom. The van der Waals surface area contributed by atoms with E-state index in [1.54, 1.807) is 82.7 Å². The third-order valence-electron chi connectivity index (χ3n) is 32.5. The number of rotatable bonds is 28. The van der Waals surface area contributed by atoms with Gasteiger partial charge in [0.25, 0.3) is 0 Å². The van der Waals surface area contributed by atoms with Gasteiger partial charge in [0, 0.05) is 182 Å². The number of aliphatic hydroxyl groups is 2. The van der Waals surface area contributed by atoms with Gasteiger partial charge < -0.3 is 106 Å². The van der Waals surface area contributed by atoms with Gasteiger partial charge in [0.2, 0.25) is 30.5 Å². The van der Waals surface area contributed by atoms with Crippen LogP contribution >= 0.6 is 0 Å². The second-order valence-corrected chi connectivity index (χ2v) is 55.2. The van der Waals surface area contributed by atoms with Gasteiger partial charge in [0.1, 0.15) is 40.1 Å². The van der Waals surface area contributed by atoms with Gasteiger partial charge in [-0.15, -0.1) is 0 Å². The molecular weight excluding hydrogens is 1890 g/mol. The molecule has 1 aromatic carbocycles. The third-order valence-corrected chi connectivity index (χ3v) is 32.5. The van der Waals surface area contributed by atoms with E-state index in [0.717, 1.165) is 120 Å². The lowest BCUT2D eigenvalue weighted by atomic mass is 9.78. The average molecular weight is 2100 g/mol. The molecule has 856 valence electrons. The fraction of sp³-hybridized carbons (Fsp3) is 0.865. The van der Waals surface area contributed by atoms with Crippen LogP contribution in [-0.4, -0.2) is 390 Å². The number of carbonyl (C=O) groups excluding carboxylic acids is 7. The van der Waals surface area contributed by atoms with Crippen LogP contribution in [0.3, 0.4) is 0 Å². The van der Waals surface area contributed by atoms with Crippen molar-refractivity contribution in [1.29, 1.82) is 0 Å². The molecule has 148 heavy (non-hydrogen) atoms. The summed E-state index contributed by atoms with van der Waals surface area (Å²) < 4.78 is 17.0. The van der Waals surface area contributed by atoms with E-state index in [4.69, 9.17) is 14.2 Å². The standard InChI is InChI=1S/C29H44N2O7.C26H50N4O4.C18H34N4O4.C16H31N3O2.C13H28N2O2.C9H19NO2/c1-26(2)15-21(16-27(3,4)30(26)34)37-24(32)23(14-19-10-12-20(36-9)13-11-19)25(33)38-22-17-28(5,6)31(35)29(7,8)18-22;1-23(2)15-21(16-24(3,4)29(23)33)27(19-31)13-11-9-10-12-14-28(20-32)22-17-25(5,6)30(34)26(7,8)18-22;1-15(2)11-19(13(23)17(5,6)21(15)25)9-10-20-12-16(3,4)22(26)18(7,8)14(20)24;1-15(2)12-18(14(20)16(3,4)19(15)21)11-10-17-13-8-6-5-7-9-13;1-6-11(16)9-14-10-7-12(2,3)15(17)13(4,5)8-10;1-8(2)5-7(11)6-9(3,4)10(8)12/h10-14,21-22,34-35H,15-18H2,1-9H3;19-22,33-34H,9-18H2,1-8H3;25-26H,9-12H2,1-8H3;13,17,21H,5-12H2,1-4H3;10-11,14,16-17H,6-9H2,1-5H3;7,11-12H,5-6H2,1-4H3. The van der Waals surface area contributed by atoms with Crippen LogP contribution in [0, 0.1) is 0 Å². The zero-order chi connectivity index (χ0) is 113. The zero-order valence-corrected chi connectivity index (χ0v) is 98.6. The molecular formula is C111H206N16O21. The van der Waals surface area contributed by atoms with Gasteiger partial charge in [-0.1, -0.05) is 51.2 Å². The number of piperidine rings is 6. The number of nitrogens with one attached hydrogen (secondary N) is 2. The summed E-state index contributed by atoms with van der Waals surface area (Å²) in [6, 6.07) is 8.19. The number of esters is 2. The molecule has 11 rings (SSSR count). The lowest BCUT2D eigenvalue weighted by molar-refractivity contribution is -0.259. The molecule has 1 saturated carbocycles. The summed E-state index contributed by atoms with van der Waals surface area (Å²) in [4.78, 5) is 97.9. The number of unbranched alkanes of at least 4 members (excludes halogenated alkanes) is 3. The number of benzene rings is 1. The monoisotopic (exact) mass is 2100 g/mol. The summed E-state index contributed by atoms with van der Waals surface area (Å²) in [5.41, 5.74) is -9.13. The van der Waals surface area contributed by atoms with Gasteiger partial charge in [0.05, 0.1) is 35.9 Å². The average Bonchev–Trinajstić information content (AvgIpc) is 0.758. The number of hydroxylamine groups is 18. The number of hydrogen-bond donors (Lipinski definition) is 13. The topological polar surface area (TPSA) is 439 Å². The first kappa shape index (κ1) is 131. The number of nitrogens with zero attached hydrogens (tertiary/aromatic N) is 14. The fourth-order valence-electron chi connectivity index (χ4n) is 25.6. The van der Waals surface area contributed by atoms with Crippen molar-refractivity contribution in [3.8, 4) is 5.75 Å². The van der Waals surface area contributed by atoms with E-state index in [0.29, 0.717) is 101 Å². The maximum absolute atomic E-state index is 13.5. The highest BCUT2D eigenvalue weighted by Crippen LogP contribution is 2.46. The summed E-state index contributed by atoms with van der Waals surface area (Å²) in [6.45, 7) is 76.8. The number of aliphatic hydroxyl groups excluding tert-OH is 2.